The number of nitrogens with one attached hydrogen (secondary N) is 2. The molecule has 4 nitrogen and oxygen atoms in total. The highest BCUT2D eigenvalue weighted by Gasteiger charge is 2.26. The van der Waals surface area contributed by atoms with Crippen molar-refractivity contribution in [3.05, 3.63) is 16.0 Å². The fraction of sp³-hybridized carbons (Fsp3) is 0.714. The maximum Gasteiger partial charge on any atom is 0.341 e. The number of hydrogen-bond acceptors (Lipinski definition) is 4. The molecule has 1 aliphatic rings. The minimum absolute atomic E-state index is 0.225. The summed E-state index contributed by atoms with van der Waals surface area (Å²) in [5.74, 6) is 0.408. The van der Waals surface area contributed by atoms with E-state index in [2.05, 4.69) is 24.5 Å². The number of esters is 1. The van der Waals surface area contributed by atoms with Gasteiger partial charge in [-0.2, -0.15) is 0 Å². The van der Waals surface area contributed by atoms with Gasteiger partial charge in [0.1, 0.15) is 5.00 Å². The highest BCUT2D eigenvalue weighted by molar-refractivity contribution is 7.80. The first-order valence-electron chi connectivity index (χ1n) is 10.5. The van der Waals surface area contributed by atoms with Crippen LogP contribution >= 0.6 is 23.6 Å². The lowest BCUT2D eigenvalue weighted by atomic mass is 9.99. The Hall–Kier alpha value is -1.14. The molecule has 0 bridgehead atoms. The Bertz CT molecular complexity index is 628. The molecule has 2 N–H and O–H groups in total. The van der Waals surface area contributed by atoms with Crippen molar-refractivity contribution < 1.29 is 9.53 Å². The van der Waals surface area contributed by atoms with Gasteiger partial charge in [-0.1, -0.05) is 39.5 Å². The number of carbonyl (C=O) groups is 1. The van der Waals surface area contributed by atoms with Crippen LogP contribution in [0.2, 0.25) is 0 Å². The third-order valence-electron chi connectivity index (χ3n) is 5.22. The predicted molar refractivity (Wildman–Crippen MR) is 119 cm³/mol. The van der Waals surface area contributed by atoms with Crippen molar-refractivity contribution in [2.24, 2.45) is 5.92 Å². The fourth-order valence-corrected chi connectivity index (χ4v) is 5.11. The van der Waals surface area contributed by atoms with Gasteiger partial charge in [0.25, 0.3) is 0 Å². The number of hydrogen-bond donors (Lipinski definition) is 2. The molecule has 0 fully saturated rings. The van der Waals surface area contributed by atoms with Gasteiger partial charge in [0, 0.05) is 11.4 Å². The Labute approximate surface area is 173 Å². The van der Waals surface area contributed by atoms with Crippen molar-refractivity contribution in [3.63, 3.8) is 0 Å². The maximum atomic E-state index is 12.6. The summed E-state index contributed by atoms with van der Waals surface area (Å²) in [6, 6.07) is 0. The summed E-state index contributed by atoms with van der Waals surface area (Å²) >= 11 is 7.20. The predicted octanol–water partition coefficient (Wildman–Crippen LogP) is 5.70. The number of fused-ring (bicyclic) bond motifs is 1. The summed E-state index contributed by atoms with van der Waals surface area (Å²) < 4.78 is 5.34. The molecule has 1 unspecified atom stereocenters. The third-order valence-corrected chi connectivity index (χ3v) is 6.68. The van der Waals surface area contributed by atoms with Crippen LogP contribution in [0.15, 0.2) is 0 Å². The Morgan fingerprint density at radius 2 is 2.00 bits per heavy atom. The smallest absolute Gasteiger partial charge is 0.341 e. The topological polar surface area (TPSA) is 50.4 Å². The van der Waals surface area contributed by atoms with Crippen molar-refractivity contribution >= 4 is 39.6 Å². The van der Waals surface area contributed by atoms with E-state index in [-0.39, 0.29) is 5.97 Å². The van der Waals surface area contributed by atoms with Crippen LogP contribution in [0, 0.1) is 5.92 Å². The number of unbranched alkanes of at least 4 members (excludes halogenated alkanes) is 1. The molecule has 0 spiro atoms. The maximum absolute atomic E-state index is 12.6. The van der Waals surface area contributed by atoms with Gasteiger partial charge in [0.15, 0.2) is 5.11 Å². The van der Waals surface area contributed by atoms with E-state index < -0.39 is 0 Å². The first-order valence-corrected chi connectivity index (χ1v) is 11.7. The lowest BCUT2D eigenvalue weighted by Gasteiger charge is -2.17. The number of rotatable bonds is 9. The molecule has 152 valence electrons. The van der Waals surface area contributed by atoms with Gasteiger partial charge in [-0.05, 0) is 62.7 Å². The quantitative estimate of drug-likeness (QED) is 0.311. The number of anilines is 1. The summed E-state index contributed by atoms with van der Waals surface area (Å²) in [5, 5.41) is 8.11. The van der Waals surface area contributed by atoms with Gasteiger partial charge in [0.2, 0.25) is 0 Å². The molecule has 1 aliphatic carbocycles. The average molecular weight is 411 g/mol. The van der Waals surface area contributed by atoms with E-state index in [0.717, 1.165) is 37.2 Å². The SMILES string of the molecule is CCCCC(CC)CNC(=S)Nc1sc2c(c1C(=O)OCC)CCCCC2. The number of ether oxygens (including phenoxy) is 1. The number of thiocarbonyl (C=S) groups is 1. The van der Waals surface area contributed by atoms with Crippen molar-refractivity contribution in [2.75, 3.05) is 18.5 Å². The summed E-state index contributed by atoms with van der Waals surface area (Å²) in [6.45, 7) is 7.57. The lowest BCUT2D eigenvalue weighted by molar-refractivity contribution is 0.0527. The van der Waals surface area contributed by atoms with E-state index in [1.54, 1.807) is 11.3 Å². The van der Waals surface area contributed by atoms with Crippen LogP contribution < -0.4 is 10.6 Å². The van der Waals surface area contributed by atoms with Gasteiger partial charge >= 0.3 is 5.97 Å². The Morgan fingerprint density at radius 1 is 1.22 bits per heavy atom. The molecule has 1 heterocycles. The minimum atomic E-state index is -0.225. The molecule has 6 heteroatoms. The molecule has 1 aromatic heterocycles. The first kappa shape index (κ1) is 22.2. The molecule has 27 heavy (non-hydrogen) atoms. The van der Waals surface area contributed by atoms with Gasteiger partial charge in [-0.3, -0.25) is 0 Å². The second kappa shape index (κ2) is 11.6. The summed E-state index contributed by atoms with van der Waals surface area (Å²) in [4.78, 5) is 13.9. The molecular formula is C21H34N2O2S2. The number of carbonyl (C=O) groups excluding carboxylic acids is 1. The Balaban J connectivity index is 2.08. The molecule has 0 aromatic carbocycles. The highest BCUT2D eigenvalue weighted by Crippen LogP contribution is 2.38. The number of thiophene rings is 1. The van der Waals surface area contributed by atoms with Crippen LogP contribution in [-0.4, -0.2) is 24.2 Å². The standard InChI is InChI=1S/C21H34N2O2S2/c1-4-7-11-15(5-2)14-22-21(26)23-19-18(20(24)25-6-3)16-12-9-8-10-13-17(16)27-19/h15H,4-14H2,1-3H3,(H2,22,23,26). The van der Waals surface area contributed by atoms with Crippen molar-refractivity contribution in [1.82, 2.24) is 5.32 Å². The molecule has 0 saturated heterocycles. The van der Waals surface area contributed by atoms with Crippen LogP contribution in [0.25, 0.3) is 0 Å². The van der Waals surface area contributed by atoms with Gasteiger partial charge < -0.3 is 15.4 Å². The van der Waals surface area contributed by atoms with E-state index >= 15 is 0 Å². The van der Waals surface area contributed by atoms with Crippen molar-refractivity contribution in [3.8, 4) is 0 Å². The molecule has 2 rings (SSSR count). The molecular weight excluding hydrogens is 376 g/mol. The zero-order valence-electron chi connectivity index (χ0n) is 17.0. The fourth-order valence-electron chi connectivity index (χ4n) is 3.58. The molecule has 0 amide bonds. The van der Waals surface area contributed by atoms with Gasteiger partial charge in [0.05, 0.1) is 12.2 Å². The zero-order chi connectivity index (χ0) is 19.6. The molecule has 0 radical (unpaired) electrons. The van der Waals surface area contributed by atoms with Crippen molar-refractivity contribution in [2.45, 2.75) is 78.6 Å². The van der Waals surface area contributed by atoms with Crippen molar-refractivity contribution in [1.29, 1.82) is 0 Å². The molecule has 1 aromatic rings. The average Bonchev–Trinajstić information content (AvgIpc) is 2.82. The molecule has 0 aliphatic heterocycles. The van der Waals surface area contributed by atoms with Crippen LogP contribution in [0.5, 0.6) is 0 Å². The second-order valence-electron chi connectivity index (χ2n) is 7.24. The number of aryl methyl sites for hydroxylation is 1. The first-order chi connectivity index (χ1) is 13.1. The van der Waals surface area contributed by atoms with Crippen LogP contribution in [0.1, 0.15) is 86.5 Å². The summed E-state index contributed by atoms with van der Waals surface area (Å²) in [5.41, 5.74) is 1.89. The Kier molecular flexibility index (Phi) is 9.56. The lowest BCUT2D eigenvalue weighted by Crippen LogP contribution is -2.33. The van der Waals surface area contributed by atoms with E-state index in [0.29, 0.717) is 23.2 Å². The van der Waals surface area contributed by atoms with E-state index in [9.17, 15) is 4.79 Å². The van der Waals surface area contributed by atoms with Crippen LogP contribution in [-0.2, 0) is 17.6 Å². The molecule has 1 atom stereocenters. The second-order valence-corrected chi connectivity index (χ2v) is 8.75. The summed E-state index contributed by atoms with van der Waals surface area (Å²) in [7, 11) is 0. The minimum Gasteiger partial charge on any atom is -0.462 e. The zero-order valence-corrected chi connectivity index (χ0v) is 18.6. The Morgan fingerprint density at radius 3 is 2.70 bits per heavy atom. The highest BCUT2D eigenvalue weighted by atomic mass is 32.1. The van der Waals surface area contributed by atoms with Crippen LogP contribution in [0.4, 0.5) is 5.00 Å². The van der Waals surface area contributed by atoms with E-state index in [1.807, 2.05) is 6.92 Å². The third kappa shape index (κ3) is 6.46. The van der Waals surface area contributed by atoms with E-state index in [4.69, 9.17) is 17.0 Å². The normalized spacial score (nSPS) is 14.8. The van der Waals surface area contributed by atoms with E-state index in [1.165, 1.54) is 42.5 Å². The molecule has 0 saturated carbocycles. The monoisotopic (exact) mass is 410 g/mol. The van der Waals surface area contributed by atoms with Gasteiger partial charge in [-0.15, -0.1) is 11.3 Å². The van der Waals surface area contributed by atoms with Crippen LogP contribution in [0.3, 0.4) is 0 Å². The largest absolute Gasteiger partial charge is 0.462 e. The van der Waals surface area contributed by atoms with Gasteiger partial charge in [-0.25, -0.2) is 4.79 Å². The summed E-state index contributed by atoms with van der Waals surface area (Å²) in [6.07, 6.45) is 10.4.